The molecule has 1 saturated heterocycles. The molecule has 0 bridgehead atoms. The molecule has 6 heteroatoms. The molecule has 2 aromatic heterocycles. The summed E-state index contributed by atoms with van der Waals surface area (Å²) in [4.78, 5) is 6.26. The van der Waals surface area contributed by atoms with Crippen LogP contribution in [0.5, 0.6) is 5.75 Å². The molecule has 94 valence electrons. The highest BCUT2D eigenvalue weighted by atomic mass is 32.1. The van der Waals surface area contributed by atoms with Crippen LogP contribution in [0.2, 0.25) is 0 Å². The Labute approximate surface area is 109 Å². The van der Waals surface area contributed by atoms with Crippen LogP contribution in [0.15, 0.2) is 24.5 Å². The number of pyridine rings is 1. The molecule has 5 nitrogen and oxygen atoms in total. The van der Waals surface area contributed by atoms with E-state index in [4.69, 9.17) is 4.74 Å². The maximum absolute atomic E-state index is 5.68. The van der Waals surface area contributed by atoms with E-state index in [-0.39, 0.29) is 0 Å². The Hall–Kier alpha value is -1.69. The third-order valence-corrected chi connectivity index (χ3v) is 3.76. The van der Waals surface area contributed by atoms with E-state index in [0.29, 0.717) is 5.92 Å². The summed E-state index contributed by atoms with van der Waals surface area (Å²) in [5, 5.41) is 10.2. The number of hydrogen-bond donors (Lipinski definition) is 0. The van der Waals surface area contributed by atoms with Crippen LogP contribution in [-0.2, 0) is 0 Å². The van der Waals surface area contributed by atoms with E-state index >= 15 is 0 Å². The molecule has 0 atom stereocenters. The quantitative estimate of drug-likeness (QED) is 0.840. The molecule has 2 aromatic rings. The predicted octanol–water partition coefficient (Wildman–Crippen LogP) is 1.76. The fourth-order valence-corrected chi connectivity index (χ4v) is 2.60. The lowest BCUT2D eigenvalue weighted by Gasteiger charge is -2.38. The molecular formula is C12H14N4OS. The molecule has 3 rings (SSSR count). The topological polar surface area (TPSA) is 51.1 Å². The molecule has 0 aliphatic carbocycles. The number of nitrogens with zero attached hydrogens (tertiary/aromatic N) is 4. The highest BCUT2D eigenvalue weighted by Crippen LogP contribution is 2.27. The minimum absolute atomic E-state index is 0.564. The van der Waals surface area contributed by atoms with Gasteiger partial charge >= 0.3 is 0 Å². The monoisotopic (exact) mass is 262 g/mol. The molecule has 0 aromatic carbocycles. The van der Waals surface area contributed by atoms with Gasteiger partial charge in [0.15, 0.2) is 0 Å². The van der Waals surface area contributed by atoms with E-state index in [2.05, 4.69) is 20.1 Å². The second-order valence-corrected chi connectivity index (χ2v) is 5.53. The molecule has 0 radical (unpaired) electrons. The van der Waals surface area contributed by atoms with Crippen LogP contribution in [0, 0.1) is 12.8 Å². The lowest BCUT2D eigenvalue weighted by molar-refractivity contribution is 0.220. The molecule has 0 unspecified atom stereocenters. The van der Waals surface area contributed by atoms with Crippen molar-refractivity contribution in [2.45, 2.75) is 6.92 Å². The SMILES string of the molecule is Cc1nnc(N2CC(COc3cccnc3)C2)s1. The van der Waals surface area contributed by atoms with Gasteiger partial charge in [-0.3, -0.25) is 4.98 Å². The Kier molecular flexibility index (Phi) is 3.10. The van der Waals surface area contributed by atoms with Gasteiger partial charge < -0.3 is 9.64 Å². The second kappa shape index (κ2) is 4.89. The van der Waals surface area contributed by atoms with Gasteiger partial charge in [0.1, 0.15) is 10.8 Å². The summed E-state index contributed by atoms with van der Waals surface area (Å²) in [5.41, 5.74) is 0. The lowest BCUT2D eigenvalue weighted by Crippen LogP contribution is -2.49. The maximum Gasteiger partial charge on any atom is 0.208 e. The summed E-state index contributed by atoms with van der Waals surface area (Å²) in [6.45, 7) is 4.70. The number of ether oxygens (including phenoxy) is 1. The van der Waals surface area contributed by atoms with Crippen molar-refractivity contribution in [3.63, 3.8) is 0 Å². The molecule has 18 heavy (non-hydrogen) atoms. The fraction of sp³-hybridized carbons (Fsp3) is 0.417. The smallest absolute Gasteiger partial charge is 0.208 e. The normalized spacial score (nSPS) is 15.5. The minimum atomic E-state index is 0.564. The van der Waals surface area contributed by atoms with Gasteiger partial charge in [-0.1, -0.05) is 11.3 Å². The number of anilines is 1. The molecule has 0 amide bonds. The van der Waals surface area contributed by atoms with Crippen molar-refractivity contribution in [3.8, 4) is 5.75 Å². The summed E-state index contributed by atoms with van der Waals surface area (Å²) in [7, 11) is 0. The van der Waals surface area contributed by atoms with Crippen molar-refractivity contribution in [2.24, 2.45) is 5.92 Å². The van der Waals surface area contributed by atoms with Crippen LogP contribution in [0.25, 0.3) is 0 Å². The van der Waals surface area contributed by atoms with E-state index < -0.39 is 0 Å². The van der Waals surface area contributed by atoms with Crippen LogP contribution in [0.4, 0.5) is 5.13 Å². The summed E-state index contributed by atoms with van der Waals surface area (Å²) in [6.07, 6.45) is 3.49. The zero-order valence-corrected chi connectivity index (χ0v) is 10.9. The van der Waals surface area contributed by atoms with E-state index in [0.717, 1.165) is 35.6 Å². The largest absolute Gasteiger partial charge is 0.492 e. The van der Waals surface area contributed by atoms with Crippen LogP contribution < -0.4 is 9.64 Å². The van der Waals surface area contributed by atoms with Crippen LogP contribution >= 0.6 is 11.3 Å². The van der Waals surface area contributed by atoms with Gasteiger partial charge in [0.25, 0.3) is 0 Å². The summed E-state index contributed by atoms with van der Waals surface area (Å²) < 4.78 is 5.68. The number of aromatic nitrogens is 3. The Balaban J connectivity index is 1.46. The number of rotatable bonds is 4. The minimum Gasteiger partial charge on any atom is -0.492 e. The summed E-state index contributed by atoms with van der Waals surface area (Å²) in [6, 6.07) is 3.81. The van der Waals surface area contributed by atoms with E-state index in [1.807, 2.05) is 19.1 Å². The standard InChI is InChI=1S/C12H14N4OS/c1-9-14-15-12(18-9)16-6-10(7-16)8-17-11-3-2-4-13-5-11/h2-5,10H,6-8H2,1H3. The van der Waals surface area contributed by atoms with Crippen molar-refractivity contribution in [3.05, 3.63) is 29.5 Å². The Bertz CT molecular complexity index is 510. The van der Waals surface area contributed by atoms with Gasteiger partial charge in [-0.15, -0.1) is 10.2 Å². The average Bonchev–Trinajstić information content (AvgIpc) is 2.75. The van der Waals surface area contributed by atoms with E-state index in [1.165, 1.54) is 0 Å². The zero-order chi connectivity index (χ0) is 12.4. The highest BCUT2D eigenvalue weighted by molar-refractivity contribution is 7.15. The lowest BCUT2D eigenvalue weighted by atomic mass is 10.0. The molecular weight excluding hydrogens is 248 g/mol. The molecule has 1 aliphatic rings. The van der Waals surface area contributed by atoms with Gasteiger partial charge in [-0.25, -0.2) is 0 Å². The van der Waals surface area contributed by atoms with Crippen LogP contribution in [0.1, 0.15) is 5.01 Å². The molecule has 1 fully saturated rings. The van der Waals surface area contributed by atoms with E-state index in [9.17, 15) is 0 Å². The first-order valence-electron chi connectivity index (χ1n) is 5.89. The number of aryl methyl sites for hydroxylation is 1. The summed E-state index contributed by atoms with van der Waals surface area (Å²) in [5.74, 6) is 1.40. The molecule has 3 heterocycles. The highest BCUT2D eigenvalue weighted by Gasteiger charge is 2.29. The second-order valence-electron chi connectivity index (χ2n) is 4.37. The first-order valence-corrected chi connectivity index (χ1v) is 6.71. The van der Waals surface area contributed by atoms with Crippen LogP contribution in [0.3, 0.4) is 0 Å². The third-order valence-electron chi connectivity index (χ3n) is 2.86. The molecule has 1 aliphatic heterocycles. The third kappa shape index (κ3) is 2.43. The van der Waals surface area contributed by atoms with Gasteiger partial charge in [0, 0.05) is 25.2 Å². The van der Waals surface area contributed by atoms with Gasteiger partial charge in [-0.2, -0.15) is 0 Å². The number of hydrogen-bond acceptors (Lipinski definition) is 6. The molecule has 0 spiro atoms. The van der Waals surface area contributed by atoms with Crippen molar-refractivity contribution < 1.29 is 4.74 Å². The summed E-state index contributed by atoms with van der Waals surface area (Å²) >= 11 is 1.64. The zero-order valence-electron chi connectivity index (χ0n) is 10.1. The Morgan fingerprint density at radius 1 is 1.44 bits per heavy atom. The van der Waals surface area contributed by atoms with Crippen molar-refractivity contribution >= 4 is 16.5 Å². The van der Waals surface area contributed by atoms with Crippen molar-refractivity contribution in [1.82, 2.24) is 15.2 Å². The molecule has 0 N–H and O–H groups in total. The Morgan fingerprint density at radius 3 is 3.00 bits per heavy atom. The van der Waals surface area contributed by atoms with Gasteiger partial charge in [0.05, 0.1) is 12.8 Å². The van der Waals surface area contributed by atoms with Gasteiger partial charge in [-0.05, 0) is 19.1 Å². The molecule has 0 saturated carbocycles. The predicted molar refractivity (Wildman–Crippen MR) is 70.1 cm³/mol. The van der Waals surface area contributed by atoms with Crippen LogP contribution in [-0.4, -0.2) is 34.9 Å². The fourth-order valence-electron chi connectivity index (χ4n) is 1.89. The Morgan fingerprint density at radius 2 is 2.33 bits per heavy atom. The van der Waals surface area contributed by atoms with Crippen molar-refractivity contribution in [1.29, 1.82) is 0 Å². The van der Waals surface area contributed by atoms with Gasteiger partial charge in [0.2, 0.25) is 5.13 Å². The first-order chi connectivity index (χ1) is 8.81. The van der Waals surface area contributed by atoms with Crippen molar-refractivity contribution in [2.75, 3.05) is 24.6 Å². The average molecular weight is 262 g/mol. The van der Waals surface area contributed by atoms with E-state index in [1.54, 1.807) is 23.7 Å². The maximum atomic E-state index is 5.68. The first kappa shape index (κ1) is 11.4.